The lowest BCUT2D eigenvalue weighted by Gasteiger charge is -2.13. The quantitative estimate of drug-likeness (QED) is 0.660. The summed E-state index contributed by atoms with van der Waals surface area (Å²) in [4.78, 5) is 10.2. The number of nitro groups is 1. The van der Waals surface area contributed by atoms with Gasteiger partial charge in [-0.05, 0) is 37.3 Å². The summed E-state index contributed by atoms with van der Waals surface area (Å²) < 4.78 is 28.4. The summed E-state index contributed by atoms with van der Waals surface area (Å²) in [5, 5.41) is 16.2. The van der Waals surface area contributed by atoms with Crippen molar-refractivity contribution < 1.29 is 18.1 Å². The van der Waals surface area contributed by atoms with Gasteiger partial charge in [-0.25, -0.2) is 13.6 Å². The van der Waals surface area contributed by atoms with Crippen LogP contribution in [0.2, 0.25) is 0 Å². The fourth-order valence-corrected chi connectivity index (χ4v) is 3.38. The Morgan fingerprint density at radius 3 is 2.52 bits per heavy atom. The maximum absolute atomic E-state index is 11.4. The van der Waals surface area contributed by atoms with E-state index in [9.17, 15) is 18.5 Å². The van der Waals surface area contributed by atoms with E-state index in [0.29, 0.717) is 18.1 Å². The largest absolute Gasteiger partial charge is 0.487 e. The lowest BCUT2D eigenvalue weighted by molar-refractivity contribution is -0.386. The monoisotopic (exact) mass is 314 g/mol. The van der Waals surface area contributed by atoms with Crippen LogP contribution in [0.15, 0.2) is 17.0 Å². The second kappa shape index (κ2) is 5.98. The van der Waals surface area contributed by atoms with Crippen molar-refractivity contribution in [2.24, 2.45) is 11.1 Å². The van der Waals surface area contributed by atoms with E-state index in [1.54, 1.807) is 0 Å². The van der Waals surface area contributed by atoms with Crippen LogP contribution >= 0.6 is 0 Å². The molecule has 21 heavy (non-hydrogen) atoms. The maximum atomic E-state index is 11.4. The molecule has 1 fully saturated rings. The molecule has 1 saturated carbocycles. The van der Waals surface area contributed by atoms with Crippen LogP contribution in [0.4, 0.5) is 5.69 Å². The molecule has 7 nitrogen and oxygen atoms in total. The molecule has 2 rings (SSSR count). The average molecular weight is 314 g/mol. The first kappa shape index (κ1) is 15.7. The Hall–Kier alpha value is -1.67. The first-order valence-corrected chi connectivity index (χ1v) is 8.28. The third-order valence-electron chi connectivity index (χ3n) is 3.71. The fraction of sp³-hybridized carbons (Fsp3) is 0.538. The highest BCUT2D eigenvalue weighted by atomic mass is 32.2. The van der Waals surface area contributed by atoms with Crippen molar-refractivity contribution in [2.45, 2.75) is 37.5 Å². The molecule has 1 aromatic rings. The number of primary sulfonamides is 1. The molecule has 0 heterocycles. The predicted octanol–water partition coefficient (Wildman–Crippen LogP) is 2.12. The summed E-state index contributed by atoms with van der Waals surface area (Å²) in [6.07, 6.45) is 4.42. The predicted molar refractivity (Wildman–Crippen MR) is 76.7 cm³/mol. The lowest BCUT2D eigenvalue weighted by Crippen LogP contribution is -2.15. The SMILES string of the molecule is Cc1cc(OCC2CCCC2)c([N+](=O)[O-])cc1S(N)(=O)=O. The van der Waals surface area contributed by atoms with Gasteiger partial charge in [0.05, 0.1) is 16.4 Å². The van der Waals surface area contributed by atoms with Gasteiger partial charge in [0, 0.05) is 6.07 Å². The highest BCUT2D eigenvalue weighted by Crippen LogP contribution is 2.33. The van der Waals surface area contributed by atoms with Crippen molar-refractivity contribution in [2.75, 3.05) is 6.61 Å². The zero-order valence-electron chi connectivity index (χ0n) is 11.7. The maximum Gasteiger partial charge on any atom is 0.312 e. The molecule has 0 radical (unpaired) electrons. The molecule has 1 aromatic carbocycles. The topological polar surface area (TPSA) is 113 Å². The Morgan fingerprint density at radius 1 is 1.38 bits per heavy atom. The van der Waals surface area contributed by atoms with E-state index < -0.39 is 14.9 Å². The first-order valence-electron chi connectivity index (χ1n) is 6.73. The van der Waals surface area contributed by atoms with Crippen LogP contribution in [0, 0.1) is 23.0 Å². The van der Waals surface area contributed by atoms with E-state index in [4.69, 9.17) is 9.88 Å². The lowest BCUT2D eigenvalue weighted by atomic mass is 10.1. The minimum atomic E-state index is -4.00. The first-order chi connectivity index (χ1) is 9.79. The summed E-state index contributed by atoms with van der Waals surface area (Å²) in [5.74, 6) is 0.500. The smallest absolute Gasteiger partial charge is 0.312 e. The van der Waals surface area contributed by atoms with Gasteiger partial charge in [0.15, 0.2) is 5.75 Å². The molecule has 1 aliphatic carbocycles. The number of ether oxygens (including phenoxy) is 1. The molecule has 116 valence electrons. The minimum absolute atomic E-state index is 0.0943. The van der Waals surface area contributed by atoms with Crippen LogP contribution in [-0.2, 0) is 10.0 Å². The van der Waals surface area contributed by atoms with Crippen molar-refractivity contribution in [3.8, 4) is 5.75 Å². The molecule has 0 bridgehead atoms. The van der Waals surface area contributed by atoms with Gasteiger partial charge in [-0.15, -0.1) is 0 Å². The van der Waals surface area contributed by atoms with E-state index in [1.807, 2.05) is 0 Å². The fourth-order valence-electron chi connectivity index (χ4n) is 2.60. The molecule has 2 N–H and O–H groups in total. The number of rotatable bonds is 5. The van der Waals surface area contributed by atoms with Crippen LogP contribution in [-0.4, -0.2) is 19.9 Å². The number of aryl methyl sites for hydroxylation is 1. The van der Waals surface area contributed by atoms with Crippen molar-refractivity contribution in [1.29, 1.82) is 0 Å². The van der Waals surface area contributed by atoms with Gasteiger partial charge in [0.1, 0.15) is 0 Å². The highest BCUT2D eigenvalue weighted by molar-refractivity contribution is 7.89. The molecular weight excluding hydrogens is 296 g/mol. The molecule has 0 unspecified atom stereocenters. The summed E-state index contributed by atoms with van der Waals surface area (Å²) in [6.45, 7) is 1.95. The summed E-state index contributed by atoms with van der Waals surface area (Å²) in [6, 6.07) is 2.33. The van der Waals surface area contributed by atoms with Crippen LogP contribution < -0.4 is 9.88 Å². The van der Waals surface area contributed by atoms with Crippen molar-refractivity contribution in [3.05, 3.63) is 27.8 Å². The molecule has 0 spiro atoms. The van der Waals surface area contributed by atoms with Crippen LogP contribution in [0.1, 0.15) is 31.2 Å². The van der Waals surface area contributed by atoms with Gasteiger partial charge in [0.25, 0.3) is 0 Å². The van der Waals surface area contributed by atoms with Crippen LogP contribution in [0.25, 0.3) is 0 Å². The minimum Gasteiger partial charge on any atom is -0.487 e. The van der Waals surface area contributed by atoms with Gasteiger partial charge >= 0.3 is 5.69 Å². The number of nitrogens with zero attached hydrogens (tertiary/aromatic N) is 1. The van der Waals surface area contributed by atoms with Gasteiger partial charge in [-0.3, -0.25) is 10.1 Å². The Morgan fingerprint density at radius 2 is 2.00 bits per heavy atom. The van der Waals surface area contributed by atoms with Gasteiger partial charge in [0.2, 0.25) is 10.0 Å². The number of sulfonamides is 1. The molecule has 1 aliphatic rings. The second-order valence-corrected chi connectivity index (χ2v) is 6.88. The zero-order chi connectivity index (χ0) is 15.6. The summed E-state index contributed by atoms with van der Waals surface area (Å²) in [7, 11) is -4.00. The molecule has 8 heteroatoms. The van der Waals surface area contributed by atoms with Crippen molar-refractivity contribution in [1.82, 2.24) is 0 Å². The molecule has 0 amide bonds. The molecule has 0 aromatic heterocycles. The number of nitrogens with two attached hydrogens (primary N) is 1. The molecular formula is C13H18N2O5S. The van der Waals surface area contributed by atoms with Crippen molar-refractivity contribution in [3.63, 3.8) is 0 Å². The Bertz CT molecular complexity index is 651. The Kier molecular flexibility index (Phi) is 4.48. The van der Waals surface area contributed by atoms with E-state index in [0.717, 1.165) is 31.7 Å². The average Bonchev–Trinajstić information content (AvgIpc) is 2.87. The number of hydrogen-bond donors (Lipinski definition) is 1. The number of hydrogen-bond acceptors (Lipinski definition) is 5. The molecule has 0 atom stereocenters. The second-order valence-electron chi connectivity index (χ2n) is 5.35. The molecule has 0 saturated heterocycles. The Labute approximate surface area is 123 Å². The van der Waals surface area contributed by atoms with Crippen LogP contribution in [0.5, 0.6) is 5.75 Å². The number of benzene rings is 1. The Balaban J connectivity index is 2.31. The van der Waals surface area contributed by atoms with Gasteiger partial charge in [-0.1, -0.05) is 12.8 Å². The number of nitro benzene ring substituents is 1. The van der Waals surface area contributed by atoms with Crippen LogP contribution in [0.3, 0.4) is 0 Å². The van der Waals surface area contributed by atoms with E-state index in [-0.39, 0.29) is 16.3 Å². The van der Waals surface area contributed by atoms with Gasteiger partial charge < -0.3 is 4.74 Å². The third-order valence-corrected chi connectivity index (χ3v) is 4.76. The van der Waals surface area contributed by atoms with E-state index >= 15 is 0 Å². The normalized spacial score (nSPS) is 16.1. The summed E-state index contributed by atoms with van der Waals surface area (Å²) in [5.41, 5.74) is -0.0351. The van der Waals surface area contributed by atoms with E-state index in [2.05, 4.69) is 0 Å². The van der Waals surface area contributed by atoms with E-state index in [1.165, 1.54) is 13.0 Å². The molecule has 0 aliphatic heterocycles. The zero-order valence-corrected chi connectivity index (χ0v) is 12.6. The third kappa shape index (κ3) is 3.70. The summed E-state index contributed by atoms with van der Waals surface area (Å²) >= 11 is 0. The van der Waals surface area contributed by atoms with Crippen molar-refractivity contribution >= 4 is 15.7 Å². The highest BCUT2D eigenvalue weighted by Gasteiger charge is 2.24. The van der Waals surface area contributed by atoms with Gasteiger partial charge in [-0.2, -0.15) is 0 Å². The standard InChI is InChI=1S/C13H18N2O5S/c1-9-6-12(20-8-10-4-2-3-5-10)11(15(16)17)7-13(9)21(14,18)19/h6-7,10H,2-5,8H2,1H3,(H2,14,18,19).